The van der Waals surface area contributed by atoms with Gasteiger partial charge in [-0.1, -0.05) is 30.3 Å². The largest absolute Gasteiger partial charge is 0.497 e. The molecule has 3 aromatic rings. The number of rotatable bonds is 5. The van der Waals surface area contributed by atoms with Crippen molar-refractivity contribution >= 4 is 11.7 Å². The molecule has 150 valence electrons. The zero-order chi connectivity index (χ0) is 20.2. The van der Waals surface area contributed by atoms with Gasteiger partial charge in [0.15, 0.2) is 5.82 Å². The number of anilines is 1. The van der Waals surface area contributed by atoms with Crippen LogP contribution in [0.2, 0.25) is 0 Å². The number of H-pyrrole nitrogens is 1. The number of carbonyl (C=O) groups is 1. The lowest BCUT2D eigenvalue weighted by Crippen LogP contribution is -2.49. The fourth-order valence-electron chi connectivity index (χ4n) is 3.49. The maximum Gasteiger partial charge on any atom is 0.254 e. The van der Waals surface area contributed by atoms with Gasteiger partial charge >= 0.3 is 0 Å². The van der Waals surface area contributed by atoms with Crippen molar-refractivity contribution in [3.8, 4) is 22.8 Å². The molecule has 0 radical (unpaired) electrons. The highest BCUT2D eigenvalue weighted by atomic mass is 16.5. The van der Waals surface area contributed by atoms with Crippen molar-refractivity contribution in [3.05, 3.63) is 60.2 Å². The molecule has 0 atom stereocenters. The summed E-state index contributed by atoms with van der Waals surface area (Å²) in [4.78, 5) is 17.0. The lowest BCUT2D eigenvalue weighted by molar-refractivity contribution is 0.0745. The predicted molar refractivity (Wildman–Crippen MR) is 112 cm³/mol. The zero-order valence-corrected chi connectivity index (χ0v) is 16.6. The van der Waals surface area contributed by atoms with Crippen molar-refractivity contribution in [2.45, 2.75) is 0 Å². The quantitative estimate of drug-likeness (QED) is 0.723. The van der Waals surface area contributed by atoms with E-state index in [0.29, 0.717) is 30.2 Å². The van der Waals surface area contributed by atoms with Crippen LogP contribution in [0.1, 0.15) is 10.4 Å². The maximum atomic E-state index is 12.9. The Balaban J connectivity index is 1.42. The molecular formula is C22H24N4O3. The molecule has 1 aliphatic rings. The summed E-state index contributed by atoms with van der Waals surface area (Å²) in [5, 5.41) is 7.56. The van der Waals surface area contributed by atoms with E-state index in [4.69, 9.17) is 9.47 Å². The van der Waals surface area contributed by atoms with Crippen molar-refractivity contribution in [1.29, 1.82) is 0 Å². The van der Waals surface area contributed by atoms with Gasteiger partial charge in [0.25, 0.3) is 5.91 Å². The molecule has 0 aliphatic carbocycles. The number of nitrogens with one attached hydrogen (secondary N) is 1. The Morgan fingerprint density at radius 2 is 1.59 bits per heavy atom. The molecule has 1 N–H and O–H groups in total. The molecule has 2 aromatic carbocycles. The third-order valence-corrected chi connectivity index (χ3v) is 5.14. The molecule has 1 aromatic heterocycles. The first kappa shape index (κ1) is 18.9. The number of aromatic amines is 1. The Bertz CT molecular complexity index is 956. The van der Waals surface area contributed by atoms with Gasteiger partial charge in [-0.15, -0.1) is 0 Å². The second-order valence-corrected chi connectivity index (χ2v) is 6.89. The average Bonchev–Trinajstić information content (AvgIpc) is 3.29. The molecule has 1 saturated heterocycles. The van der Waals surface area contributed by atoms with Crippen molar-refractivity contribution in [2.75, 3.05) is 45.3 Å². The molecule has 0 bridgehead atoms. The molecule has 29 heavy (non-hydrogen) atoms. The van der Waals surface area contributed by atoms with Crippen molar-refractivity contribution in [1.82, 2.24) is 15.1 Å². The molecule has 1 amide bonds. The van der Waals surface area contributed by atoms with Crippen LogP contribution in [0, 0.1) is 0 Å². The van der Waals surface area contributed by atoms with E-state index in [0.717, 1.165) is 30.2 Å². The number of piperazine rings is 1. The highest BCUT2D eigenvalue weighted by Gasteiger charge is 2.24. The summed E-state index contributed by atoms with van der Waals surface area (Å²) in [6.45, 7) is 2.72. The number of nitrogens with zero attached hydrogens (tertiary/aromatic N) is 3. The van der Waals surface area contributed by atoms with Crippen molar-refractivity contribution in [2.24, 2.45) is 0 Å². The number of benzene rings is 2. The van der Waals surface area contributed by atoms with Crippen LogP contribution in [0.25, 0.3) is 11.3 Å². The van der Waals surface area contributed by atoms with Crippen LogP contribution in [0.4, 0.5) is 5.82 Å². The lowest BCUT2D eigenvalue weighted by Gasteiger charge is -2.34. The average molecular weight is 392 g/mol. The van der Waals surface area contributed by atoms with Crippen molar-refractivity contribution < 1.29 is 14.3 Å². The Morgan fingerprint density at radius 3 is 2.21 bits per heavy atom. The lowest BCUT2D eigenvalue weighted by atomic mass is 10.1. The number of methoxy groups -OCH3 is 2. The fraction of sp³-hybridized carbons (Fsp3) is 0.273. The number of hydrogen-bond acceptors (Lipinski definition) is 5. The number of aromatic nitrogens is 2. The van der Waals surface area contributed by atoms with E-state index in [-0.39, 0.29) is 5.91 Å². The molecule has 1 aliphatic heterocycles. The van der Waals surface area contributed by atoms with Gasteiger partial charge in [-0.25, -0.2) is 0 Å². The zero-order valence-electron chi connectivity index (χ0n) is 16.6. The van der Waals surface area contributed by atoms with Crippen LogP contribution >= 0.6 is 0 Å². The summed E-state index contributed by atoms with van der Waals surface area (Å²) in [5.41, 5.74) is 2.66. The molecule has 1 fully saturated rings. The maximum absolute atomic E-state index is 12.9. The predicted octanol–water partition coefficient (Wildman–Crippen LogP) is 3.06. The summed E-state index contributed by atoms with van der Waals surface area (Å²) in [6, 6.07) is 17.4. The normalized spacial score (nSPS) is 14.0. The summed E-state index contributed by atoms with van der Waals surface area (Å²) in [6.07, 6.45) is 0. The first-order valence-corrected chi connectivity index (χ1v) is 9.56. The molecule has 7 heteroatoms. The van der Waals surface area contributed by atoms with Crippen LogP contribution < -0.4 is 14.4 Å². The highest BCUT2D eigenvalue weighted by Crippen LogP contribution is 2.25. The first-order chi connectivity index (χ1) is 14.2. The highest BCUT2D eigenvalue weighted by molar-refractivity contribution is 5.95. The van der Waals surface area contributed by atoms with E-state index in [9.17, 15) is 4.79 Å². The Labute approximate surface area is 169 Å². The third kappa shape index (κ3) is 4.03. The number of hydrogen-bond donors (Lipinski definition) is 1. The van der Waals surface area contributed by atoms with E-state index >= 15 is 0 Å². The van der Waals surface area contributed by atoms with Gasteiger partial charge in [0.2, 0.25) is 0 Å². The van der Waals surface area contributed by atoms with Crippen LogP contribution in [-0.2, 0) is 0 Å². The molecule has 4 rings (SSSR count). The van der Waals surface area contributed by atoms with E-state index in [1.165, 1.54) is 0 Å². The fourth-order valence-corrected chi connectivity index (χ4v) is 3.49. The van der Waals surface area contributed by atoms with E-state index in [1.807, 2.05) is 23.1 Å². The topological polar surface area (TPSA) is 70.7 Å². The summed E-state index contributed by atoms with van der Waals surface area (Å²) in [7, 11) is 3.16. The Hall–Kier alpha value is -3.48. The van der Waals surface area contributed by atoms with Gasteiger partial charge in [-0.05, 0) is 17.7 Å². The minimum absolute atomic E-state index is 0.0196. The number of amides is 1. The SMILES string of the molecule is COc1cc(OC)cc(C(=O)N2CCN(c3cc(-c4ccccc4)[nH]n3)CC2)c1. The van der Waals surface area contributed by atoms with Gasteiger partial charge in [-0.3, -0.25) is 9.89 Å². The minimum Gasteiger partial charge on any atom is -0.497 e. The summed E-state index contributed by atoms with van der Waals surface area (Å²) < 4.78 is 10.6. The van der Waals surface area contributed by atoms with E-state index in [2.05, 4.69) is 33.3 Å². The van der Waals surface area contributed by atoms with Gasteiger partial charge in [0, 0.05) is 43.9 Å². The summed E-state index contributed by atoms with van der Waals surface area (Å²) in [5.74, 6) is 2.10. The Morgan fingerprint density at radius 1 is 0.931 bits per heavy atom. The molecule has 2 heterocycles. The van der Waals surface area contributed by atoms with E-state index < -0.39 is 0 Å². The molecule has 0 spiro atoms. The van der Waals surface area contributed by atoms with Crippen molar-refractivity contribution in [3.63, 3.8) is 0 Å². The van der Waals surface area contributed by atoms with Gasteiger partial charge in [0.1, 0.15) is 11.5 Å². The monoisotopic (exact) mass is 392 g/mol. The standard InChI is InChI=1S/C22H24N4O3/c1-28-18-12-17(13-19(14-18)29-2)22(27)26-10-8-25(9-11-26)21-15-20(23-24-21)16-6-4-3-5-7-16/h3-7,12-15H,8-11H2,1-2H3,(H,23,24). The molecule has 0 saturated carbocycles. The van der Waals surface area contributed by atoms with Gasteiger partial charge in [0.05, 0.1) is 19.9 Å². The van der Waals surface area contributed by atoms with E-state index in [1.54, 1.807) is 32.4 Å². The second kappa shape index (κ2) is 8.26. The van der Waals surface area contributed by atoms with Crippen LogP contribution in [0.3, 0.4) is 0 Å². The third-order valence-electron chi connectivity index (χ3n) is 5.14. The first-order valence-electron chi connectivity index (χ1n) is 9.56. The minimum atomic E-state index is -0.0196. The summed E-state index contributed by atoms with van der Waals surface area (Å²) >= 11 is 0. The van der Waals surface area contributed by atoms with Crippen LogP contribution in [0.15, 0.2) is 54.6 Å². The van der Waals surface area contributed by atoms with Gasteiger partial charge < -0.3 is 19.3 Å². The molecule has 0 unspecified atom stereocenters. The van der Waals surface area contributed by atoms with Gasteiger partial charge in [-0.2, -0.15) is 5.10 Å². The molecule has 7 nitrogen and oxygen atoms in total. The number of ether oxygens (including phenoxy) is 2. The number of carbonyl (C=O) groups excluding carboxylic acids is 1. The second-order valence-electron chi connectivity index (χ2n) is 6.89. The molecular weight excluding hydrogens is 368 g/mol. The smallest absolute Gasteiger partial charge is 0.254 e. The van der Waals surface area contributed by atoms with Crippen LogP contribution in [0.5, 0.6) is 11.5 Å². The Kier molecular flexibility index (Phi) is 5.37. The van der Waals surface area contributed by atoms with Crippen LogP contribution in [-0.4, -0.2) is 61.4 Å².